The topological polar surface area (TPSA) is 0 Å². The lowest BCUT2D eigenvalue weighted by Crippen LogP contribution is -2.08. The molecule has 0 bridgehead atoms. The maximum atomic E-state index is 2.36. The quantitative estimate of drug-likeness (QED) is 0.529. The van der Waals surface area contributed by atoms with E-state index in [2.05, 4.69) is 6.92 Å². The molecule has 16 heavy (non-hydrogen) atoms. The van der Waals surface area contributed by atoms with Gasteiger partial charge in [-0.2, -0.15) is 0 Å². The van der Waals surface area contributed by atoms with Gasteiger partial charge in [-0.3, -0.25) is 0 Å². The van der Waals surface area contributed by atoms with E-state index in [9.17, 15) is 0 Å². The predicted molar refractivity (Wildman–Crippen MR) is 71.5 cm³/mol. The molecule has 2 saturated carbocycles. The maximum Gasteiger partial charge on any atom is -0.0386 e. The van der Waals surface area contributed by atoms with Gasteiger partial charge in [-0.15, -0.1) is 0 Å². The van der Waals surface area contributed by atoms with Crippen molar-refractivity contribution in [2.24, 2.45) is 17.8 Å². The summed E-state index contributed by atoms with van der Waals surface area (Å²) in [5.41, 5.74) is 0. The van der Waals surface area contributed by atoms with E-state index in [1.54, 1.807) is 38.5 Å². The van der Waals surface area contributed by atoms with Gasteiger partial charge in [0.1, 0.15) is 0 Å². The highest BCUT2D eigenvalue weighted by molar-refractivity contribution is 4.81. The lowest BCUT2D eigenvalue weighted by Gasteiger charge is -2.22. The van der Waals surface area contributed by atoms with Crippen LogP contribution in [0.2, 0.25) is 0 Å². The predicted octanol–water partition coefficient (Wildman–Crippen LogP) is 5.56. The van der Waals surface area contributed by atoms with Gasteiger partial charge in [0.05, 0.1) is 0 Å². The van der Waals surface area contributed by atoms with Crippen LogP contribution in [-0.2, 0) is 0 Å². The molecular weight excluding hydrogens is 192 g/mol. The van der Waals surface area contributed by atoms with Crippen LogP contribution in [0, 0.1) is 17.8 Å². The summed E-state index contributed by atoms with van der Waals surface area (Å²) in [5.74, 6) is 3.36. The molecule has 0 saturated heterocycles. The van der Waals surface area contributed by atoms with Crippen molar-refractivity contribution in [1.29, 1.82) is 0 Å². The van der Waals surface area contributed by atoms with Crippen LogP contribution in [0.25, 0.3) is 0 Å². The third-order valence-corrected chi connectivity index (χ3v) is 4.86. The first-order valence-corrected chi connectivity index (χ1v) is 7.90. The Bertz CT molecular complexity index is 174. The lowest BCUT2D eigenvalue weighted by atomic mass is 9.84. The highest BCUT2D eigenvalue weighted by Gasteiger charge is 2.29. The summed E-state index contributed by atoms with van der Waals surface area (Å²) in [6.45, 7) is 2.36. The first-order valence-electron chi connectivity index (χ1n) is 7.90. The lowest BCUT2D eigenvalue weighted by molar-refractivity contribution is 0.305. The summed E-state index contributed by atoms with van der Waals surface area (Å²) in [7, 11) is 0. The number of rotatable bonds is 7. The standard InChI is InChI=1S/C16H30/c1-2-7-15(16-12-13-16)11-6-10-14-8-4-3-5-9-14/h14-16H,2-13H2,1H3. The Morgan fingerprint density at radius 1 is 0.938 bits per heavy atom. The zero-order valence-electron chi connectivity index (χ0n) is 11.2. The summed E-state index contributed by atoms with van der Waals surface area (Å²) >= 11 is 0. The molecule has 0 heteroatoms. The fourth-order valence-electron chi connectivity index (χ4n) is 3.70. The van der Waals surface area contributed by atoms with Gasteiger partial charge in [0.15, 0.2) is 0 Å². The molecule has 2 fully saturated rings. The van der Waals surface area contributed by atoms with E-state index >= 15 is 0 Å². The first kappa shape index (κ1) is 12.5. The highest BCUT2D eigenvalue weighted by atomic mass is 14.4. The van der Waals surface area contributed by atoms with E-state index in [1.165, 1.54) is 38.5 Å². The second-order valence-corrected chi connectivity index (χ2v) is 6.32. The molecule has 0 spiro atoms. The third kappa shape index (κ3) is 4.11. The normalized spacial score (nSPS) is 24.6. The zero-order chi connectivity index (χ0) is 11.2. The minimum Gasteiger partial charge on any atom is -0.0654 e. The van der Waals surface area contributed by atoms with Crippen LogP contribution in [0.4, 0.5) is 0 Å². The molecule has 2 aliphatic carbocycles. The fourth-order valence-corrected chi connectivity index (χ4v) is 3.70. The Hall–Kier alpha value is 0. The van der Waals surface area contributed by atoms with E-state index in [0.717, 1.165) is 17.8 Å². The van der Waals surface area contributed by atoms with Crippen LogP contribution >= 0.6 is 0 Å². The van der Waals surface area contributed by atoms with Crippen LogP contribution in [0.5, 0.6) is 0 Å². The fraction of sp³-hybridized carbons (Fsp3) is 1.00. The molecule has 1 atom stereocenters. The molecule has 0 radical (unpaired) electrons. The van der Waals surface area contributed by atoms with Crippen LogP contribution < -0.4 is 0 Å². The molecule has 94 valence electrons. The second-order valence-electron chi connectivity index (χ2n) is 6.32. The van der Waals surface area contributed by atoms with Crippen molar-refractivity contribution >= 4 is 0 Å². The smallest absolute Gasteiger partial charge is 0.0386 e. The molecule has 2 aliphatic rings. The van der Waals surface area contributed by atoms with Crippen molar-refractivity contribution < 1.29 is 0 Å². The number of hydrogen-bond acceptors (Lipinski definition) is 0. The molecule has 1 unspecified atom stereocenters. The monoisotopic (exact) mass is 222 g/mol. The maximum absolute atomic E-state index is 2.36. The summed E-state index contributed by atoms with van der Waals surface area (Å²) in [6.07, 6.45) is 18.3. The van der Waals surface area contributed by atoms with Crippen molar-refractivity contribution in [3.63, 3.8) is 0 Å². The van der Waals surface area contributed by atoms with Crippen molar-refractivity contribution in [2.45, 2.75) is 84.0 Å². The molecule has 0 heterocycles. The summed E-state index contributed by atoms with van der Waals surface area (Å²) in [5, 5.41) is 0. The Labute approximate surface area is 102 Å². The van der Waals surface area contributed by atoms with Crippen LogP contribution in [0.15, 0.2) is 0 Å². The van der Waals surface area contributed by atoms with Crippen molar-refractivity contribution in [3.8, 4) is 0 Å². The molecule has 0 aromatic carbocycles. The zero-order valence-corrected chi connectivity index (χ0v) is 11.2. The van der Waals surface area contributed by atoms with Gasteiger partial charge in [-0.1, -0.05) is 71.1 Å². The summed E-state index contributed by atoms with van der Waals surface area (Å²) in [4.78, 5) is 0. The van der Waals surface area contributed by atoms with Crippen molar-refractivity contribution in [2.75, 3.05) is 0 Å². The van der Waals surface area contributed by atoms with E-state index in [4.69, 9.17) is 0 Å². The van der Waals surface area contributed by atoms with E-state index in [0.29, 0.717) is 0 Å². The summed E-state index contributed by atoms with van der Waals surface area (Å²) in [6, 6.07) is 0. The Balaban J connectivity index is 1.57. The van der Waals surface area contributed by atoms with Crippen molar-refractivity contribution in [1.82, 2.24) is 0 Å². The largest absolute Gasteiger partial charge is 0.0654 e. The molecule has 0 N–H and O–H groups in total. The molecule has 2 rings (SSSR count). The minimum atomic E-state index is 1.11. The Morgan fingerprint density at radius 2 is 1.69 bits per heavy atom. The highest BCUT2D eigenvalue weighted by Crippen LogP contribution is 2.42. The van der Waals surface area contributed by atoms with E-state index in [-0.39, 0.29) is 0 Å². The third-order valence-electron chi connectivity index (χ3n) is 4.86. The number of hydrogen-bond donors (Lipinski definition) is 0. The van der Waals surface area contributed by atoms with Gasteiger partial charge in [-0.05, 0) is 30.6 Å². The molecule has 0 aromatic heterocycles. The van der Waals surface area contributed by atoms with Gasteiger partial charge in [-0.25, -0.2) is 0 Å². The van der Waals surface area contributed by atoms with Crippen LogP contribution in [-0.4, -0.2) is 0 Å². The molecule has 0 nitrogen and oxygen atoms in total. The molecule has 0 amide bonds. The first-order chi connectivity index (χ1) is 7.90. The van der Waals surface area contributed by atoms with Crippen LogP contribution in [0.1, 0.15) is 84.0 Å². The van der Waals surface area contributed by atoms with Gasteiger partial charge in [0, 0.05) is 0 Å². The Kier molecular flexibility index (Phi) is 5.19. The van der Waals surface area contributed by atoms with Gasteiger partial charge < -0.3 is 0 Å². The van der Waals surface area contributed by atoms with Gasteiger partial charge in [0.2, 0.25) is 0 Å². The molecule has 0 aromatic rings. The second kappa shape index (κ2) is 6.67. The van der Waals surface area contributed by atoms with Gasteiger partial charge in [0.25, 0.3) is 0 Å². The van der Waals surface area contributed by atoms with E-state index in [1.807, 2.05) is 0 Å². The van der Waals surface area contributed by atoms with E-state index < -0.39 is 0 Å². The minimum absolute atomic E-state index is 1.11. The molecule has 0 aliphatic heterocycles. The average molecular weight is 222 g/mol. The molecular formula is C16H30. The van der Waals surface area contributed by atoms with Gasteiger partial charge >= 0.3 is 0 Å². The Morgan fingerprint density at radius 3 is 2.31 bits per heavy atom. The average Bonchev–Trinajstić information content (AvgIpc) is 3.13. The summed E-state index contributed by atoms with van der Waals surface area (Å²) < 4.78 is 0. The van der Waals surface area contributed by atoms with Crippen molar-refractivity contribution in [3.05, 3.63) is 0 Å². The van der Waals surface area contributed by atoms with Crippen LogP contribution in [0.3, 0.4) is 0 Å². The SMILES string of the molecule is CCCC(CCCC1CCCCC1)C1CC1.